The molecule has 2 unspecified atom stereocenters. The second kappa shape index (κ2) is 6.90. The van der Waals surface area contributed by atoms with Gasteiger partial charge >= 0.3 is 0 Å². The van der Waals surface area contributed by atoms with E-state index in [0.29, 0.717) is 12.0 Å². The van der Waals surface area contributed by atoms with Gasteiger partial charge in [0.25, 0.3) is 0 Å². The molecule has 0 aliphatic heterocycles. The van der Waals surface area contributed by atoms with E-state index in [0.717, 1.165) is 12.3 Å². The molecule has 0 bridgehead atoms. The number of hydrogen-bond acceptors (Lipinski definition) is 3. The van der Waals surface area contributed by atoms with Crippen molar-refractivity contribution in [1.82, 2.24) is 10.3 Å². The molecule has 1 saturated carbocycles. The van der Waals surface area contributed by atoms with Crippen molar-refractivity contribution in [2.45, 2.75) is 64.5 Å². The third kappa shape index (κ3) is 4.20. The maximum absolute atomic E-state index is 5.74. The number of rotatable bonds is 5. The first kappa shape index (κ1) is 14.3. The molecule has 3 heteroatoms. The Hall–Kier alpha value is -1.09. The van der Waals surface area contributed by atoms with E-state index in [1.807, 2.05) is 12.4 Å². The summed E-state index contributed by atoms with van der Waals surface area (Å²) in [6, 6.07) is 2.84. The molecule has 0 amide bonds. The molecule has 0 aromatic carbocycles. The Kier molecular flexibility index (Phi) is 5.20. The minimum absolute atomic E-state index is 0.206. The Labute approximate surface area is 116 Å². The minimum atomic E-state index is 0.206. The maximum atomic E-state index is 5.74. The molecule has 3 nitrogen and oxygen atoms in total. The van der Waals surface area contributed by atoms with Crippen molar-refractivity contribution in [2.75, 3.05) is 6.54 Å². The normalized spacial score (nSPS) is 23.6. The molecule has 2 rings (SSSR count). The Balaban J connectivity index is 2.04. The van der Waals surface area contributed by atoms with E-state index < -0.39 is 0 Å². The molecular formula is C16H26N2O. The molecular weight excluding hydrogens is 236 g/mol. The first-order chi connectivity index (χ1) is 9.19. The summed E-state index contributed by atoms with van der Waals surface area (Å²) in [5.41, 5.74) is 1.33. The van der Waals surface area contributed by atoms with Crippen molar-refractivity contribution in [3.8, 4) is 5.75 Å². The summed E-state index contributed by atoms with van der Waals surface area (Å²) in [4.78, 5) is 4.34. The van der Waals surface area contributed by atoms with Crippen molar-refractivity contribution >= 4 is 0 Å². The van der Waals surface area contributed by atoms with Crippen LogP contribution in [0.1, 0.15) is 57.9 Å². The van der Waals surface area contributed by atoms with E-state index in [1.165, 1.54) is 31.2 Å². The molecule has 1 fully saturated rings. The number of nitrogens with zero attached hydrogens (tertiary/aromatic N) is 1. The van der Waals surface area contributed by atoms with Crippen molar-refractivity contribution in [2.24, 2.45) is 0 Å². The van der Waals surface area contributed by atoms with E-state index in [2.05, 4.69) is 37.1 Å². The standard InChI is InChI=1S/C16H26N2O/c1-4-18-15-7-5-6-13(8-15)14-9-16(11-17-10-14)19-12(2)3/h9-13,15,18H,4-8H2,1-3H3. The van der Waals surface area contributed by atoms with Gasteiger partial charge in [-0.1, -0.05) is 13.3 Å². The average Bonchev–Trinajstić information content (AvgIpc) is 2.39. The SMILES string of the molecule is CCNC1CCCC(c2cncc(OC(C)C)c2)C1. The third-order valence-electron chi connectivity index (χ3n) is 3.74. The summed E-state index contributed by atoms with van der Waals surface area (Å²) in [5.74, 6) is 1.53. The molecule has 1 N–H and O–H groups in total. The van der Waals surface area contributed by atoms with Crippen LogP contribution in [0.2, 0.25) is 0 Å². The molecule has 1 heterocycles. The molecule has 0 radical (unpaired) electrons. The van der Waals surface area contributed by atoms with Crippen LogP contribution in [0, 0.1) is 0 Å². The molecule has 19 heavy (non-hydrogen) atoms. The summed E-state index contributed by atoms with van der Waals surface area (Å²) in [6.45, 7) is 7.34. The zero-order valence-electron chi connectivity index (χ0n) is 12.4. The van der Waals surface area contributed by atoms with Crippen LogP contribution in [0.15, 0.2) is 18.5 Å². The van der Waals surface area contributed by atoms with Gasteiger partial charge in [0.1, 0.15) is 5.75 Å². The molecule has 1 aromatic rings. The Morgan fingerprint density at radius 1 is 1.37 bits per heavy atom. The van der Waals surface area contributed by atoms with Gasteiger partial charge in [-0.05, 0) is 57.2 Å². The quantitative estimate of drug-likeness (QED) is 0.882. The third-order valence-corrected chi connectivity index (χ3v) is 3.74. The van der Waals surface area contributed by atoms with Crippen molar-refractivity contribution in [3.63, 3.8) is 0 Å². The van der Waals surface area contributed by atoms with Crippen LogP contribution in [-0.2, 0) is 0 Å². The molecule has 1 aliphatic carbocycles. The van der Waals surface area contributed by atoms with Crippen LogP contribution in [0.3, 0.4) is 0 Å². The summed E-state index contributed by atoms with van der Waals surface area (Å²) in [7, 11) is 0. The topological polar surface area (TPSA) is 34.2 Å². The van der Waals surface area contributed by atoms with Gasteiger partial charge in [0.2, 0.25) is 0 Å². The van der Waals surface area contributed by atoms with Crippen molar-refractivity contribution < 1.29 is 4.74 Å². The van der Waals surface area contributed by atoms with Gasteiger partial charge in [0.05, 0.1) is 12.3 Å². The van der Waals surface area contributed by atoms with Crippen molar-refractivity contribution in [3.05, 3.63) is 24.0 Å². The van der Waals surface area contributed by atoms with Gasteiger partial charge in [0.15, 0.2) is 0 Å². The first-order valence-corrected chi connectivity index (χ1v) is 7.54. The summed E-state index contributed by atoms with van der Waals surface area (Å²) < 4.78 is 5.74. The lowest BCUT2D eigenvalue weighted by Crippen LogP contribution is -2.33. The Morgan fingerprint density at radius 2 is 2.21 bits per heavy atom. The lowest BCUT2D eigenvalue weighted by atomic mass is 9.82. The van der Waals surface area contributed by atoms with Gasteiger partial charge in [0, 0.05) is 12.2 Å². The number of aromatic nitrogens is 1. The van der Waals surface area contributed by atoms with Gasteiger partial charge in [-0.3, -0.25) is 4.98 Å². The fourth-order valence-electron chi connectivity index (χ4n) is 2.96. The second-order valence-electron chi connectivity index (χ2n) is 5.74. The number of hydrogen-bond donors (Lipinski definition) is 1. The van der Waals surface area contributed by atoms with Crippen molar-refractivity contribution in [1.29, 1.82) is 0 Å². The Morgan fingerprint density at radius 3 is 2.95 bits per heavy atom. The monoisotopic (exact) mass is 262 g/mol. The van der Waals surface area contributed by atoms with Gasteiger partial charge in [-0.2, -0.15) is 0 Å². The van der Waals surface area contributed by atoms with Crippen LogP contribution in [0.4, 0.5) is 0 Å². The van der Waals surface area contributed by atoms with Crippen LogP contribution in [-0.4, -0.2) is 23.7 Å². The van der Waals surface area contributed by atoms with E-state index in [9.17, 15) is 0 Å². The van der Waals surface area contributed by atoms with Crippen LogP contribution >= 0.6 is 0 Å². The lowest BCUT2D eigenvalue weighted by Gasteiger charge is -2.30. The van der Waals surface area contributed by atoms with E-state index >= 15 is 0 Å². The highest BCUT2D eigenvalue weighted by molar-refractivity contribution is 5.27. The molecule has 2 atom stereocenters. The summed E-state index contributed by atoms with van der Waals surface area (Å²) >= 11 is 0. The van der Waals surface area contributed by atoms with Gasteiger partial charge < -0.3 is 10.1 Å². The van der Waals surface area contributed by atoms with E-state index in [1.54, 1.807) is 0 Å². The summed E-state index contributed by atoms with van der Waals surface area (Å²) in [5, 5.41) is 3.58. The highest BCUT2D eigenvalue weighted by atomic mass is 16.5. The predicted octanol–water partition coefficient (Wildman–Crippen LogP) is 3.50. The zero-order chi connectivity index (χ0) is 13.7. The molecule has 1 aliphatic rings. The fourth-order valence-corrected chi connectivity index (χ4v) is 2.96. The maximum Gasteiger partial charge on any atom is 0.138 e. The Bertz CT molecular complexity index is 390. The predicted molar refractivity (Wildman–Crippen MR) is 78.7 cm³/mol. The van der Waals surface area contributed by atoms with Crippen LogP contribution < -0.4 is 10.1 Å². The molecule has 0 spiro atoms. The highest BCUT2D eigenvalue weighted by Crippen LogP contribution is 2.33. The van der Waals surface area contributed by atoms with Gasteiger partial charge in [-0.15, -0.1) is 0 Å². The fraction of sp³-hybridized carbons (Fsp3) is 0.688. The van der Waals surface area contributed by atoms with E-state index in [4.69, 9.17) is 4.74 Å². The largest absolute Gasteiger partial charge is 0.489 e. The minimum Gasteiger partial charge on any atom is -0.489 e. The highest BCUT2D eigenvalue weighted by Gasteiger charge is 2.23. The number of ether oxygens (including phenoxy) is 1. The van der Waals surface area contributed by atoms with Crippen LogP contribution in [0.25, 0.3) is 0 Å². The summed E-state index contributed by atoms with van der Waals surface area (Å²) in [6.07, 6.45) is 9.13. The van der Waals surface area contributed by atoms with Gasteiger partial charge in [-0.25, -0.2) is 0 Å². The molecule has 1 aromatic heterocycles. The zero-order valence-corrected chi connectivity index (χ0v) is 12.4. The lowest BCUT2D eigenvalue weighted by molar-refractivity contribution is 0.240. The first-order valence-electron chi connectivity index (χ1n) is 7.54. The smallest absolute Gasteiger partial charge is 0.138 e. The second-order valence-corrected chi connectivity index (χ2v) is 5.74. The van der Waals surface area contributed by atoms with E-state index in [-0.39, 0.29) is 6.10 Å². The number of nitrogens with one attached hydrogen (secondary N) is 1. The average molecular weight is 262 g/mol. The van der Waals surface area contributed by atoms with Crippen LogP contribution in [0.5, 0.6) is 5.75 Å². The molecule has 106 valence electrons. The number of pyridine rings is 1. The molecule has 0 saturated heterocycles.